The van der Waals surface area contributed by atoms with E-state index in [4.69, 9.17) is 4.74 Å². The summed E-state index contributed by atoms with van der Waals surface area (Å²) in [4.78, 5) is 12.9. The molecule has 0 radical (unpaired) electrons. The zero-order valence-electron chi connectivity index (χ0n) is 12.1. The molecule has 0 bridgehead atoms. The summed E-state index contributed by atoms with van der Waals surface area (Å²) in [6, 6.07) is 0. The number of hydrogen-bond acceptors (Lipinski definition) is 3. The van der Waals surface area contributed by atoms with Gasteiger partial charge in [0.05, 0.1) is 6.54 Å². The summed E-state index contributed by atoms with van der Waals surface area (Å²) in [5.41, 5.74) is -0.657. The molecular weight excluding hydrogens is 254 g/mol. The molecular formula is C13H24F2N2O2. The van der Waals surface area contributed by atoms with Crippen molar-refractivity contribution in [3.8, 4) is 0 Å². The maximum atomic E-state index is 14.0. The Labute approximate surface area is 113 Å². The zero-order valence-corrected chi connectivity index (χ0v) is 12.1. The lowest BCUT2D eigenvalue weighted by Gasteiger charge is -2.38. The maximum absolute atomic E-state index is 14.0. The highest BCUT2D eigenvalue weighted by Gasteiger charge is 2.45. The second kappa shape index (κ2) is 6.03. The molecule has 0 saturated carbocycles. The van der Waals surface area contributed by atoms with Crippen molar-refractivity contribution in [1.29, 1.82) is 0 Å². The van der Waals surface area contributed by atoms with Crippen LogP contribution in [0.5, 0.6) is 0 Å². The van der Waals surface area contributed by atoms with Gasteiger partial charge in [0.25, 0.3) is 5.92 Å². The first-order valence-electron chi connectivity index (χ1n) is 6.66. The molecule has 0 aromatic heterocycles. The summed E-state index contributed by atoms with van der Waals surface area (Å²) in [6.45, 7) is 5.52. The number of ether oxygens (including phenoxy) is 1. The highest BCUT2D eigenvalue weighted by Crippen LogP contribution is 2.35. The van der Waals surface area contributed by atoms with Crippen molar-refractivity contribution in [3.63, 3.8) is 0 Å². The fraction of sp³-hybridized carbons (Fsp3) is 0.923. The average molecular weight is 278 g/mol. The minimum atomic E-state index is -2.84. The van der Waals surface area contributed by atoms with Crippen molar-refractivity contribution < 1.29 is 18.3 Å². The van der Waals surface area contributed by atoms with Crippen molar-refractivity contribution in [2.45, 2.75) is 45.1 Å². The van der Waals surface area contributed by atoms with Gasteiger partial charge in [-0.2, -0.15) is 0 Å². The zero-order chi connectivity index (χ0) is 14.7. The Hall–Kier alpha value is -0.910. The summed E-state index contributed by atoms with van der Waals surface area (Å²) < 4.78 is 33.0. The molecule has 1 saturated heterocycles. The lowest BCUT2D eigenvalue weighted by Crippen LogP contribution is -2.52. The summed E-state index contributed by atoms with van der Waals surface area (Å²) in [7, 11) is 1.74. The molecule has 0 spiro atoms. The predicted octanol–water partition coefficient (Wildman–Crippen LogP) is 2.49. The molecule has 1 aliphatic rings. The number of nitrogens with one attached hydrogen (secondary N) is 1. The largest absolute Gasteiger partial charge is 0.444 e. The Kier molecular flexibility index (Phi) is 5.12. The SMILES string of the molecule is CNCCC1CCN(C(=O)OC(C)(C)C)CC1(F)F. The van der Waals surface area contributed by atoms with E-state index in [0.29, 0.717) is 25.9 Å². The fourth-order valence-electron chi connectivity index (χ4n) is 2.14. The van der Waals surface area contributed by atoms with Crippen LogP contribution in [-0.2, 0) is 4.74 Å². The van der Waals surface area contributed by atoms with Crippen LogP contribution in [-0.4, -0.2) is 49.2 Å². The van der Waals surface area contributed by atoms with Gasteiger partial charge in [-0.1, -0.05) is 0 Å². The Morgan fingerprint density at radius 1 is 1.47 bits per heavy atom. The van der Waals surface area contributed by atoms with Gasteiger partial charge in [0.2, 0.25) is 0 Å². The summed E-state index contributed by atoms with van der Waals surface area (Å²) in [5, 5.41) is 2.88. The van der Waals surface area contributed by atoms with E-state index < -0.39 is 30.1 Å². The molecule has 1 atom stereocenters. The van der Waals surface area contributed by atoms with Gasteiger partial charge in [-0.05, 0) is 47.2 Å². The molecule has 1 fully saturated rings. The number of likely N-dealkylation sites (tertiary alicyclic amines) is 1. The second-order valence-electron chi connectivity index (χ2n) is 6.04. The van der Waals surface area contributed by atoms with Crippen molar-refractivity contribution in [2.75, 3.05) is 26.7 Å². The third-order valence-corrected chi connectivity index (χ3v) is 3.14. The van der Waals surface area contributed by atoms with Crippen LogP contribution in [0.4, 0.5) is 13.6 Å². The Bertz CT molecular complexity index is 316. The number of carbonyl (C=O) groups is 1. The van der Waals surface area contributed by atoms with Gasteiger partial charge in [-0.3, -0.25) is 0 Å². The van der Waals surface area contributed by atoms with E-state index in [9.17, 15) is 13.6 Å². The molecule has 1 aliphatic heterocycles. The van der Waals surface area contributed by atoms with Crippen LogP contribution in [0.25, 0.3) is 0 Å². The van der Waals surface area contributed by atoms with Crippen molar-refractivity contribution in [3.05, 3.63) is 0 Å². The quantitative estimate of drug-likeness (QED) is 0.862. The van der Waals surface area contributed by atoms with E-state index in [-0.39, 0.29) is 0 Å². The van der Waals surface area contributed by atoms with Gasteiger partial charge in [0.1, 0.15) is 5.60 Å². The number of nitrogens with zero attached hydrogens (tertiary/aromatic N) is 1. The van der Waals surface area contributed by atoms with E-state index in [1.54, 1.807) is 27.8 Å². The number of hydrogen-bond donors (Lipinski definition) is 1. The summed E-state index contributed by atoms with van der Waals surface area (Å²) in [5.74, 6) is -3.51. The first-order chi connectivity index (χ1) is 8.65. The van der Waals surface area contributed by atoms with Crippen LogP contribution < -0.4 is 5.32 Å². The number of alkyl halides is 2. The van der Waals surface area contributed by atoms with Gasteiger partial charge < -0.3 is 15.0 Å². The van der Waals surface area contributed by atoms with Crippen molar-refractivity contribution in [2.24, 2.45) is 5.92 Å². The smallest absolute Gasteiger partial charge is 0.410 e. The van der Waals surface area contributed by atoms with Crippen LogP contribution in [0.15, 0.2) is 0 Å². The van der Waals surface area contributed by atoms with E-state index in [2.05, 4.69) is 5.32 Å². The van der Waals surface area contributed by atoms with E-state index in [0.717, 1.165) is 4.90 Å². The van der Waals surface area contributed by atoms with Crippen molar-refractivity contribution >= 4 is 6.09 Å². The highest BCUT2D eigenvalue weighted by atomic mass is 19.3. The summed E-state index contributed by atoms with van der Waals surface area (Å²) in [6.07, 6.45) is 0.0822. The number of halogens is 2. The molecule has 0 aromatic carbocycles. The lowest BCUT2D eigenvalue weighted by molar-refractivity contribution is -0.112. The van der Waals surface area contributed by atoms with Gasteiger partial charge in [-0.25, -0.2) is 13.6 Å². The Morgan fingerprint density at radius 3 is 2.58 bits per heavy atom. The topological polar surface area (TPSA) is 41.6 Å². The second-order valence-corrected chi connectivity index (χ2v) is 6.04. The third kappa shape index (κ3) is 4.93. The van der Waals surface area contributed by atoms with Crippen LogP contribution in [0, 0.1) is 5.92 Å². The highest BCUT2D eigenvalue weighted by molar-refractivity contribution is 5.68. The number of rotatable bonds is 3. The van der Waals surface area contributed by atoms with E-state index in [1.807, 2.05) is 0 Å². The first kappa shape index (κ1) is 16.1. The van der Waals surface area contributed by atoms with Gasteiger partial charge >= 0.3 is 6.09 Å². The standard InChI is InChI=1S/C13H24F2N2O2/c1-12(2,3)19-11(18)17-8-6-10(5-7-16-4)13(14,15)9-17/h10,16H,5-9H2,1-4H3. The number of amides is 1. The minimum Gasteiger partial charge on any atom is -0.444 e. The molecule has 1 amide bonds. The number of piperidine rings is 1. The van der Waals surface area contributed by atoms with E-state index >= 15 is 0 Å². The minimum absolute atomic E-state index is 0.313. The van der Waals surface area contributed by atoms with Gasteiger partial charge in [-0.15, -0.1) is 0 Å². The van der Waals surface area contributed by atoms with Crippen LogP contribution in [0.1, 0.15) is 33.6 Å². The molecule has 1 unspecified atom stereocenters. The van der Waals surface area contributed by atoms with E-state index in [1.165, 1.54) is 0 Å². The number of carbonyl (C=O) groups excluding carboxylic acids is 1. The molecule has 112 valence electrons. The van der Waals surface area contributed by atoms with Crippen LogP contribution >= 0.6 is 0 Å². The average Bonchev–Trinajstić information content (AvgIpc) is 2.24. The Balaban J connectivity index is 2.57. The summed E-state index contributed by atoms with van der Waals surface area (Å²) >= 11 is 0. The monoisotopic (exact) mass is 278 g/mol. The Morgan fingerprint density at radius 2 is 2.11 bits per heavy atom. The van der Waals surface area contributed by atoms with Gasteiger partial charge in [0.15, 0.2) is 0 Å². The first-order valence-corrected chi connectivity index (χ1v) is 6.66. The fourth-order valence-corrected chi connectivity index (χ4v) is 2.14. The van der Waals surface area contributed by atoms with Crippen LogP contribution in [0.2, 0.25) is 0 Å². The lowest BCUT2D eigenvalue weighted by atomic mass is 9.90. The van der Waals surface area contributed by atoms with Crippen molar-refractivity contribution in [1.82, 2.24) is 10.2 Å². The van der Waals surface area contributed by atoms with Crippen LogP contribution in [0.3, 0.4) is 0 Å². The molecule has 0 aliphatic carbocycles. The molecule has 1 heterocycles. The molecule has 6 heteroatoms. The normalized spacial score (nSPS) is 23.3. The molecule has 4 nitrogen and oxygen atoms in total. The molecule has 19 heavy (non-hydrogen) atoms. The van der Waals surface area contributed by atoms with Gasteiger partial charge in [0, 0.05) is 12.5 Å². The predicted molar refractivity (Wildman–Crippen MR) is 69.4 cm³/mol. The molecule has 0 aromatic rings. The molecule has 1 N–H and O–H groups in total. The third-order valence-electron chi connectivity index (χ3n) is 3.14. The maximum Gasteiger partial charge on any atom is 0.410 e. The molecule has 1 rings (SSSR count).